The highest BCUT2D eigenvalue weighted by molar-refractivity contribution is 5.94. The third-order valence-electron chi connectivity index (χ3n) is 4.07. The number of hydrogen-bond donors (Lipinski definition) is 2. The van der Waals surface area contributed by atoms with Crippen LogP contribution in [0, 0.1) is 13.8 Å². The van der Waals surface area contributed by atoms with Gasteiger partial charge in [-0.05, 0) is 43.7 Å². The molecule has 0 saturated carbocycles. The Labute approximate surface area is 165 Å². The van der Waals surface area contributed by atoms with E-state index in [-0.39, 0.29) is 18.4 Å². The SMILES string of the molecule is COc1ccc(C(=O)NCCNC(=O)COc2ccc(C)cc2C)cc1OC. The number of rotatable bonds is 9. The molecule has 0 bridgehead atoms. The number of amides is 2. The average molecular weight is 386 g/mol. The summed E-state index contributed by atoms with van der Waals surface area (Å²) in [5.41, 5.74) is 2.57. The van der Waals surface area contributed by atoms with Gasteiger partial charge >= 0.3 is 0 Å². The Hall–Kier alpha value is -3.22. The molecule has 0 saturated heterocycles. The minimum Gasteiger partial charge on any atom is -0.493 e. The van der Waals surface area contributed by atoms with Gasteiger partial charge in [0.2, 0.25) is 0 Å². The number of aryl methyl sites for hydroxylation is 2. The molecular formula is C21H26N2O5. The lowest BCUT2D eigenvalue weighted by Gasteiger charge is -2.11. The van der Waals surface area contributed by atoms with E-state index >= 15 is 0 Å². The highest BCUT2D eigenvalue weighted by Crippen LogP contribution is 2.27. The Morgan fingerprint density at radius 1 is 0.857 bits per heavy atom. The summed E-state index contributed by atoms with van der Waals surface area (Å²) in [4.78, 5) is 24.1. The standard InChI is InChI=1S/C21H26N2O5/c1-14-5-7-17(15(2)11-14)28-13-20(24)22-9-10-23-21(25)16-6-8-18(26-3)19(12-16)27-4/h5-8,11-12H,9-10,13H2,1-4H3,(H,22,24)(H,23,25). The summed E-state index contributed by atoms with van der Waals surface area (Å²) in [6.45, 7) is 4.45. The number of ether oxygens (including phenoxy) is 3. The van der Waals surface area contributed by atoms with E-state index < -0.39 is 0 Å². The van der Waals surface area contributed by atoms with Gasteiger partial charge in [0, 0.05) is 18.7 Å². The van der Waals surface area contributed by atoms with Crippen molar-refractivity contribution >= 4 is 11.8 Å². The van der Waals surface area contributed by atoms with Crippen molar-refractivity contribution in [3.8, 4) is 17.2 Å². The van der Waals surface area contributed by atoms with Gasteiger partial charge in [-0.1, -0.05) is 17.7 Å². The van der Waals surface area contributed by atoms with Crippen LogP contribution in [0.4, 0.5) is 0 Å². The van der Waals surface area contributed by atoms with Crippen LogP contribution in [-0.4, -0.2) is 45.7 Å². The largest absolute Gasteiger partial charge is 0.493 e. The molecule has 0 aliphatic rings. The molecule has 0 heterocycles. The summed E-state index contributed by atoms with van der Waals surface area (Å²) in [7, 11) is 3.04. The molecule has 0 unspecified atom stereocenters. The fourth-order valence-electron chi connectivity index (χ4n) is 2.61. The van der Waals surface area contributed by atoms with Gasteiger partial charge in [0.15, 0.2) is 18.1 Å². The van der Waals surface area contributed by atoms with Crippen molar-refractivity contribution in [3.05, 3.63) is 53.1 Å². The van der Waals surface area contributed by atoms with E-state index in [9.17, 15) is 9.59 Å². The van der Waals surface area contributed by atoms with Crippen molar-refractivity contribution in [2.45, 2.75) is 13.8 Å². The Balaban J connectivity index is 1.73. The molecule has 0 fully saturated rings. The molecule has 28 heavy (non-hydrogen) atoms. The third kappa shape index (κ3) is 5.90. The van der Waals surface area contributed by atoms with Crippen molar-refractivity contribution in [3.63, 3.8) is 0 Å². The maximum Gasteiger partial charge on any atom is 0.258 e. The number of carbonyl (C=O) groups is 2. The molecular weight excluding hydrogens is 360 g/mol. The molecule has 7 nitrogen and oxygen atoms in total. The van der Waals surface area contributed by atoms with Crippen molar-refractivity contribution < 1.29 is 23.8 Å². The molecule has 0 spiro atoms. The summed E-state index contributed by atoms with van der Waals surface area (Å²) in [5.74, 6) is 1.20. The summed E-state index contributed by atoms with van der Waals surface area (Å²) < 4.78 is 15.9. The second kappa shape index (κ2) is 10.2. The summed E-state index contributed by atoms with van der Waals surface area (Å²) in [6.07, 6.45) is 0. The van der Waals surface area contributed by atoms with Crippen molar-refractivity contribution in [1.82, 2.24) is 10.6 Å². The van der Waals surface area contributed by atoms with Crippen LogP contribution < -0.4 is 24.8 Å². The van der Waals surface area contributed by atoms with Gasteiger partial charge in [0.25, 0.3) is 11.8 Å². The fraction of sp³-hybridized carbons (Fsp3) is 0.333. The van der Waals surface area contributed by atoms with Crippen LogP contribution in [0.3, 0.4) is 0 Å². The Morgan fingerprint density at radius 2 is 1.54 bits per heavy atom. The van der Waals surface area contributed by atoms with Crippen LogP contribution in [0.15, 0.2) is 36.4 Å². The zero-order valence-electron chi connectivity index (χ0n) is 16.6. The first-order chi connectivity index (χ1) is 13.4. The van der Waals surface area contributed by atoms with E-state index in [0.717, 1.165) is 11.1 Å². The Bertz CT molecular complexity index is 836. The van der Waals surface area contributed by atoms with Crippen molar-refractivity contribution in [2.75, 3.05) is 33.9 Å². The zero-order chi connectivity index (χ0) is 20.5. The predicted octanol–water partition coefficient (Wildman–Crippen LogP) is 2.25. The summed E-state index contributed by atoms with van der Waals surface area (Å²) in [5, 5.41) is 5.45. The van der Waals surface area contributed by atoms with Gasteiger partial charge in [0.05, 0.1) is 14.2 Å². The van der Waals surface area contributed by atoms with E-state index in [0.29, 0.717) is 35.9 Å². The molecule has 0 aliphatic heterocycles. The molecule has 2 rings (SSSR count). The monoisotopic (exact) mass is 386 g/mol. The molecule has 2 aromatic carbocycles. The maximum absolute atomic E-state index is 12.2. The number of nitrogens with one attached hydrogen (secondary N) is 2. The van der Waals surface area contributed by atoms with Crippen molar-refractivity contribution in [1.29, 1.82) is 0 Å². The number of carbonyl (C=O) groups excluding carboxylic acids is 2. The summed E-state index contributed by atoms with van der Waals surface area (Å²) in [6, 6.07) is 10.7. The van der Waals surface area contributed by atoms with Crippen LogP contribution in [0.5, 0.6) is 17.2 Å². The first kappa shape index (κ1) is 21.1. The minimum absolute atomic E-state index is 0.0759. The first-order valence-corrected chi connectivity index (χ1v) is 8.91. The highest BCUT2D eigenvalue weighted by Gasteiger charge is 2.10. The summed E-state index contributed by atoms with van der Waals surface area (Å²) >= 11 is 0. The quantitative estimate of drug-likeness (QED) is 0.646. The van der Waals surface area contributed by atoms with Crippen LogP contribution in [-0.2, 0) is 4.79 Å². The lowest BCUT2D eigenvalue weighted by atomic mass is 10.1. The Morgan fingerprint density at radius 3 is 2.21 bits per heavy atom. The maximum atomic E-state index is 12.2. The van der Waals surface area contributed by atoms with E-state index in [2.05, 4.69) is 10.6 Å². The highest BCUT2D eigenvalue weighted by atomic mass is 16.5. The minimum atomic E-state index is -0.262. The van der Waals surface area contributed by atoms with Gasteiger partial charge in [-0.3, -0.25) is 9.59 Å². The van der Waals surface area contributed by atoms with Gasteiger partial charge in [-0.2, -0.15) is 0 Å². The van der Waals surface area contributed by atoms with Gasteiger partial charge in [-0.25, -0.2) is 0 Å². The van der Waals surface area contributed by atoms with E-state index in [4.69, 9.17) is 14.2 Å². The molecule has 2 amide bonds. The fourth-order valence-corrected chi connectivity index (χ4v) is 2.61. The van der Waals surface area contributed by atoms with Crippen LogP contribution in [0.25, 0.3) is 0 Å². The number of methoxy groups -OCH3 is 2. The zero-order valence-corrected chi connectivity index (χ0v) is 16.6. The predicted molar refractivity (Wildman–Crippen MR) is 106 cm³/mol. The molecule has 0 aromatic heterocycles. The molecule has 0 atom stereocenters. The normalized spacial score (nSPS) is 10.1. The first-order valence-electron chi connectivity index (χ1n) is 8.91. The third-order valence-corrected chi connectivity index (χ3v) is 4.07. The van der Waals surface area contributed by atoms with Gasteiger partial charge in [-0.15, -0.1) is 0 Å². The molecule has 2 aromatic rings. The van der Waals surface area contributed by atoms with Crippen LogP contribution >= 0.6 is 0 Å². The van der Waals surface area contributed by atoms with Gasteiger partial charge < -0.3 is 24.8 Å². The van der Waals surface area contributed by atoms with Crippen LogP contribution in [0.1, 0.15) is 21.5 Å². The van der Waals surface area contributed by atoms with E-state index in [1.807, 2.05) is 32.0 Å². The molecule has 2 N–H and O–H groups in total. The molecule has 7 heteroatoms. The average Bonchev–Trinajstić information content (AvgIpc) is 2.69. The molecule has 150 valence electrons. The van der Waals surface area contributed by atoms with Crippen LogP contribution in [0.2, 0.25) is 0 Å². The molecule has 0 aliphatic carbocycles. The lowest BCUT2D eigenvalue weighted by molar-refractivity contribution is -0.123. The second-order valence-electron chi connectivity index (χ2n) is 6.23. The number of hydrogen-bond acceptors (Lipinski definition) is 5. The second-order valence-corrected chi connectivity index (χ2v) is 6.23. The van der Waals surface area contributed by atoms with E-state index in [1.54, 1.807) is 18.2 Å². The molecule has 0 radical (unpaired) electrons. The topological polar surface area (TPSA) is 85.9 Å². The Kier molecular flexibility index (Phi) is 7.68. The smallest absolute Gasteiger partial charge is 0.258 e. The number of benzene rings is 2. The van der Waals surface area contributed by atoms with E-state index in [1.165, 1.54) is 14.2 Å². The van der Waals surface area contributed by atoms with Crippen molar-refractivity contribution in [2.24, 2.45) is 0 Å². The lowest BCUT2D eigenvalue weighted by Crippen LogP contribution is -2.36. The van der Waals surface area contributed by atoms with Gasteiger partial charge in [0.1, 0.15) is 5.75 Å².